The van der Waals surface area contributed by atoms with E-state index in [-0.39, 0.29) is 5.41 Å². The zero-order valence-corrected chi connectivity index (χ0v) is 13.6. The van der Waals surface area contributed by atoms with E-state index < -0.39 is 0 Å². The summed E-state index contributed by atoms with van der Waals surface area (Å²) < 4.78 is 9.94. The average molecular weight is 303 g/mol. The van der Waals surface area contributed by atoms with Crippen molar-refractivity contribution in [3.63, 3.8) is 0 Å². The molecule has 0 unspecified atom stereocenters. The van der Waals surface area contributed by atoms with Gasteiger partial charge >= 0.3 is 0 Å². The Morgan fingerprint density at radius 2 is 2.19 bits per heavy atom. The van der Waals surface area contributed by atoms with E-state index in [0.717, 1.165) is 42.7 Å². The van der Waals surface area contributed by atoms with E-state index in [9.17, 15) is 0 Å². The first-order valence-electron chi connectivity index (χ1n) is 7.35. The number of anilines is 1. The molecule has 1 aliphatic heterocycles. The van der Waals surface area contributed by atoms with Gasteiger partial charge in [-0.3, -0.25) is 0 Å². The lowest BCUT2D eigenvalue weighted by Crippen LogP contribution is -2.13. The van der Waals surface area contributed by atoms with Crippen LogP contribution >= 0.6 is 11.5 Å². The Balaban J connectivity index is 1.55. The Hall–Kier alpha value is -1.62. The molecule has 0 amide bonds. The van der Waals surface area contributed by atoms with Crippen LogP contribution in [-0.4, -0.2) is 22.5 Å². The molecule has 0 atom stereocenters. The van der Waals surface area contributed by atoms with Crippen LogP contribution in [-0.2, 0) is 18.3 Å². The van der Waals surface area contributed by atoms with Crippen LogP contribution in [0.25, 0.3) is 0 Å². The van der Waals surface area contributed by atoms with Crippen LogP contribution in [0.2, 0.25) is 0 Å². The lowest BCUT2D eigenvalue weighted by Gasteiger charge is -2.12. The van der Waals surface area contributed by atoms with Crippen LogP contribution in [0.3, 0.4) is 0 Å². The number of rotatable bonds is 4. The van der Waals surface area contributed by atoms with Crippen molar-refractivity contribution >= 4 is 16.7 Å². The average Bonchev–Trinajstić information content (AvgIpc) is 3.05. The van der Waals surface area contributed by atoms with Crippen LogP contribution < -0.4 is 10.1 Å². The van der Waals surface area contributed by atoms with Crippen molar-refractivity contribution in [1.29, 1.82) is 0 Å². The molecule has 0 bridgehead atoms. The molecule has 1 aliphatic rings. The fourth-order valence-electron chi connectivity index (χ4n) is 2.31. The van der Waals surface area contributed by atoms with Crippen molar-refractivity contribution in [3.05, 3.63) is 35.2 Å². The maximum absolute atomic E-state index is 5.53. The first kappa shape index (κ1) is 14.3. The summed E-state index contributed by atoms with van der Waals surface area (Å²) in [5.74, 6) is 1.95. The van der Waals surface area contributed by atoms with Crippen LogP contribution in [0, 0.1) is 0 Å². The molecule has 4 nitrogen and oxygen atoms in total. The molecule has 0 saturated carbocycles. The van der Waals surface area contributed by atoms with E-state index in [1.165, 1.54) is 22.7 Å². The molecule has 1 N–H and O–H groups in total. The predicted octanol–water partition coefficient (Wildman–Crippen LogP) is 3.43. The van der Waals surface area contributed by atoms with Gasteiger partial charge in [0.15, 0.2) is 0 Å². The summed E-state index contributed by atoms with van der Waals surface area (Å²) in [5.41, 5.74) is 2.68. The second-order valence-corrected chi connectivity index (χ2v) is 7.14. The number of nitrogens with one attached hydrogen (secondary N) is 1. The first-order chi connectivity index (χ1) is 10.0. The van der Waals surface area contributed by atoms with Crippen LogP contribution in [0.4, 0.5) is 5.13 Å². The Morgan fingerprint density at radius 3 is 2.95 bits per heavy atom. The summed E-state index contributed by atoms with van der Waals surface area (Å²) in [6.07, 6.45) is 2.01. The maximum atomic E-state index is 5.53. The Labute approximate surface area is 129 Å². The third kappa shape index (κ3) is 3.35. The number of benzene rings is 1. The van der Waals surface area contributed by atoms with Gasteiger partial charge in [-0.25, -0.2) is 4.98 Å². The molecule has 21 heavy (non-hydrogen) atoms. The lowest BCUT2D eigenvalue weighted by molar-refractivity contribution is 0.357. The molecule has 112 valence electrons. The highest BCUT2D eigenvalue weighted by Crippen LogP contribution is 2.26. The minimum atomic E-state index is 0.0103. The molecule has 0 spiro atoms. The number of ether oxygens (including phenoxy) is 1. The van der Waals surface area contributed by atoms with Crippen molar-refractivity contribution < 1.29 is 4.74 Å². The summed E-state index contributed by atoms with van der Waals surface area (Å²) in [6.45, 7) is 8.08. The maximum Gasteiger partial charge on any atom is 0.202 e. The molecule has 1 aromatic carbocycles. The zero-order chi connectivity index (χ0) is 14.9. The summed E-state index contributed by atoms with van der Waals surface area (Å²) >= 11 is 1.44. The Kier molecular flexibility index (Phi) is 3.85. The highest BCUT2D eigenvalue weighted by Gasteiger charge is 2.19. The van der Waals surface area contributed by atoms with E-state index >= 15 is 0 Å². The quantitative estimate of drug-likeness (QED) is 0.940. The topological polar surface area (TPSA) is 47.0 Å². The number of hydrogen-bond donors (Lipinski definition) is 1. The fourth-order valence-corrected chi connectivity index (χ4v) is 3.09. The van der Waals surface area contributed by atoms with Crippen molar-refractivity contribution in [2.75, 3.05) is 18.5 Å². The van der Waals surface area contributed by atoms with Crippen molar-refractivity contribution in [3.8, 4) is 5.75 Å². The molecular weight excluding hydrogens is 282 g/mol. The Morgan fingerprint density at radius 1 is 1.33 bits per heavy atom. The summed E-state index contributed by atoms with van der Waals surface area (Å²) in [6, 6.07) is 6.48. The summed E-state index contributed by atoms with van der Waals surface area (Å²) in [5, 5.41) is 4.27. The van der Waals surface area contributed by atoms with Gasteiger partial charge in [-0.1, -0.05) is 32.9 Å². The standard InChI is InChI=1S/C16H21N3OS/c1-16(2,3)14-18-15(21-19-14)17-8-6-11-4-5-13-12(10-11)7-9-20-13/h4-5,10H,6-9H2,1-3H3,(H,17,18,19). The third-order valence-electron chi connectivity index (χ3n) is 3.54. The summed E-state index contributed by atoms with van der Waals surface area (Å²) in [7, 11) is 0. The molecule has 0 saturated heterocycles. The predicted molar refractivity (Wildman–Crippen MR) is 86.4 cm³/mol. The van der Waals surface area contributed by atoms with Gasteiger partial charge in [0.1, 0.15) is 11.6 Å². The normalized spacial score (nSPS) is 13.9. The number of nitrogens with zero attached hydrogens (tertiary/aromatic N) is 2. The number of hydrogen-bond acceptors (Lipinski definition) is 5. The minimum Gasteiger partial charge on any atom is -0.493 e. The molecular formula is C16H21N3OS. The van der Waals surface area contributed by atoms with Crippen molar-refractivity contribution in [2.45, 2.75) is 39.0 Å². The largest absolute Gasteiger partial charge is 0.493 e. The highest BCUT2D eigenvalue weighted by atomic mass is 32.1. The van der Waals surface area contributed by atoms with Gasteiger partial charge in [0, 0.05) is 29.9 Å². The van der Waals surface area contributed by atoms with E-state index in [2.05, 4.69) is 53.6 Å². The molecule has 5 heteroatoms. The zero-order valence-electron chi connectivity index (χ0n) is 12.8. The van der Waals surface area contributed by atoms with Gasteiger partial charge in [0.25, 0.3) is 0 Å². The van der Waals surface area contributed by atoms with Crippen molar-refractivity contribution in [2.24, 2.45) is 0 Å². The van der Waals surface area contributed by atoms with Crippen LogP contribution in [0.15, 0.2) is 18.2 Å². The smallest absolute Gasteiger partial charge is 0.202 e. The highest BCUT2D eigenvalue weighted by molar-refractivity contribution is 7.09. The summed E-state index contributed by atoms with van der Waals surface area (Å²) in [4.78, 5) is 4.55. The van der Waals surface area contributed by atoms with Crippen molar-refractivity contribution in [1.82, 2.24) is 9.36 Å². The molecule has 0 aliphatic carbocycles. The number of fused-ring (bicyclic) bond motifs is 1. The second kappa shape index (κ2) is 5.64. The van der Waals surface area contributed by atoms with Crippen LogP contribution in [0.1, 0.15) is 37.7 Å². The Bertz CT molecular complexity index is 631. The van der Waals surface area contributed by atoms with Crippen LogP contribution in [0.5, 0.6) is 5.75 Å². The van der Waals surface area contributed by atoms with E-state index in [4.69, 9.17) is 4.74 Å². The SMILES string of the molecule is CC(C)(C)c1nsc(NCCc2ccc3c(c2)CCO3)n1. The lowest BCUT2D eigenvalue weighted by atomic mass is 9.96. The third-order valence-corrected chi connectivity index (χ3v) is 4.21. The fraction of sp³-hybridized carbons (Fsp3) is 0.500. The molecule has 2 aromatic rings. The van der Waals surface area contributed by atoms with Gasteiger partial charge in [0.05, 0.1) is 6.61 Å². The van der Waals surface area contributed by atoms with E-state index in [1.807, 2.05) is 0 Å². The second-order valence-electron chi connectivity index (χ2n) is 6.39. The van der Waals surface area contributed by atoms with Gasteiger partial charge in [-0.15, -0.1) is 0 Å². The van der Waals surface area contributed by atoms with E-state index in [1.54, 1.807) is 0 Å². The molecule has 3 rings (SSSR count). The van der Waals surface area contributed by atoms with Gasteiger partial charge in [-0.05, 0) is 23.6 Å². The molecule has 0 fully saturated rings. The molecule has 1 aromatic heterocycles. The minimum absolute atomic E-state index is 0.0103. The van der Waals surface area contributed by atoms with Gasteiger partial charge in [0.2, 0.25) is 5.13 Å². The van der Waals surface area contributed by atoms with E-state index in [0.29, 0.717) is 0 Å². The molecule has 2 heterocycles. The first-order valence-corrected chi connectivity index (χ1v) is 8.12. The van der Waals surface area contributed by atoms with Gasteiger partial charge in [-0.2, -0.15) is 4.37 Å². The van der Waals surface area contributed by atoms with Gasteiger partial charge < -0.3 is 10.1 Å². The molecule has 0 radical (unpaired) electrons. The monoisotopic (exact) mass is 303 g/mol. The number of aromatic nitrogens is 2.